The van der Waals surface area contributed by atoms with Crippen molar-refractivity contribution < 1.29 is 4.74 Å². The number of nitrogens with one attached hydrogen (secondary N) is 1. The van der Waals surface area contributed by atoms with Crippen molar-refractivity contribution in [2.24, 2.45) is 5.92 Å². The predicted octanol–water partition coefficient (Wildman–Crippen LogP) is 4.69. The first-order valence-corrected chi connectivity index (χ1v) is 8.60. The molecule has 1 heterocycles. The van der Waals surface area contributed by atoms with Gasteiger partial charge in [0.15, 0.2) is 0 Å². The Kier molecular flexibility index (Phi) is 5.91. The second-order valence-corrected chi connectivity index (χ2v) is 6.80. The van der Waals surface area contributed by atoms with E-state index in [9.17, 15) is 0 Å². The fourth-order valence-corrected chi connectivity index (χ4v) is 3.33. The number of benzene rings is 1. The Morgan fingerprint density at radius 1 is 1.30 bits per heavy atom. The molecule has 1 aromatic rings. The van der Waals surface area contributed by atoms with Crippen LogP contribution >= 0.6 is 15.9 Å². The Morgan fingerprint density at radius 2 is 2.10 bits per heavy atom. The van der Waals surface area contributed by atoms with Gasteiger partial charge < -0.3 is 10.1 Å². The van der Waals surface area contributed by atoms with Crippen molar-refractivity contribution in [3.8, 4) is 5.75 Å². The fraction of sp³-hybridized carbons (Fsp3) is 0.647. The molecule has 0 fully saturated rings. The summed E-state index contributed by atoms with van der Waals surface area (Å²) in [5.74, 6) is 1.90. The highest BCUT2D eigenvalue weighted by molar-refractivity contribution is 9.10. The number of hydrogen-bond donors (Lipinski definition) is 1. The molecule has 1 N–H and O–H groups in total. The average Bonchev–Trinajstić information content (AvgIpc) is 2.90. The van der Waals surface area contributed by atoms with E-state index in [1.165, 1.54) is 30.4 Å². The van der Waals surface area contributed by atoms with Crippen LogP contribution in [0.4, 0.5) is 0 Å². The van der Waals surface area contributed by atoms with Gasteiger partial charge in [-0.3, -0.25) is 0 Å². The van der Waals surface area contributed by atoms with Crippen LogP contribution in [0.15, 0.2) is 16.6 Å². The summed E-state index contributed by atoms with van der Waals surface area (Å²) in [5.41, 5.74) is 2.63. The number of halogens is 1. The standard InChI is InChI=1S/C17H26BrNO/c1-4-12(3)8-16(5-2)19-11-14-10-15(18)9-13-6-7-20-17(13)14/h9-10,12,16,19H,4-8,11H2,1-3H3. The fourth-order valence-electron chi connectivity index (χ4n) is 2.78. The molecule has 0 aliphatic carbocycles. The second-order valence-electron chi connectivity index (χ2n) is 5.89. The minimum Gasteiger partial charge on any atom is -0.493 e. The third-order valence-corrected chi connectivity index (χ3v) is 4.74. The first kappa shape index (κ1) is 15.8. The lowest BCUT2D eigenvalue weighted by Crippen LogP contribution is -2.29. The number of fused-ring (bicyclic) bond motifs is 1. The summed E-state index contributed by atoms with van der Waals surface area (Å²) in [6.07, 6.45) is 4.73. The molecule has 0 saturated carbocycles. The lowest BCUT2D eigenvalue weighted by atomic mass is 9.97. The molecule has 0 spiro atoms. The topological polar surface area (TPSA) is 21.3 Å². The quantitative estimate of drug-likeness (QED) is 0.778. The maximum Gasteiger partial charge on any atom is 0.127 e. The van der Waals surface area contributed by atoms with Crippen LogP contribution in [0.2, 0.25) is 0 Å². The number of hydrogen-bond acceptors (Lipinski definition) is 2. The third-order valence-electron chi connectivity index (χ3n) is 4.28. The highest BCUT2D eigenvalue weighted by atomic mass is 79.9. The van der Waals surface area contributed by atoms with Gasteiger partial charge in [0, 0.05) is 29.0 Å². The first-order valence-electron chi connectivity index (χ1n) is 7.81. The molecule has 0 aromatic heterocycles. The zero-order valence-electron chi connectivity index (χ0n) is 12.8. The maximum atomic E-state index is 5.79. The molecular weight excluding hydrogens is 314 g/mol. The largest absolute Gasteiger partial charge is 0.493 e. The minimum absolute atomic E-state index is 0.598. The van der Waals surface area contributed by atoms with Crippen molar-refractivity contribution in [2.45, 2.75) is 59.0 Å². The van der Waals surface area contributed by atoms with E-state index < -0.39 is 0 Å². The lowest BCUT2D eigenvalue weighted by Gasteiger charge is -2.21. The van der Waals surface area contributed by atoms with Gasteiger partial charge >= 0.3 is 0 Å². The molecule has 2 nitrogen and oxygen atoms in total. The van der Waals surface area contributed by atoms with Gasteiger partial charge in [-0.1, -0.05) is 43.1 Å². The highest BCUT2D eigenvalue weighted by Gasteiger charge is 2.18. The van der Waals surface area contributed by atoms with Gasteiger partial charge in [-0.15, -0.1) is 0 Å². The van der Waals surface area contributed by atoms with Crippen LogP contribution in [0.1, 0.15) is 51.2 Å². The van der Waals surface area contributed by atoms with Crippen LogP contribution in [-0.2, 0) is 13.0 Å². The van der Waals surface area contributed by atoms with Crippen molar-refractivity contribution >= 4 is 15.9 Å². The first-order chi connectivity index (χ1) is 9.63. The van der Waals surface area contributed by atoms with Crippen LogP contribution < -0.4 is 10.1 Å². The highest BCUT2D eigenvalue weighted by Crippen LogP contribution is 2.33. The molecule has 0 amide bonds. The molecule has 1 aliphatic heterocycles. The summed E-state index contributed by atoms with van der Waals surface area (Å²) in [4.78, 5) is 0. The van der Waals surface area contributed by atoms with Gasteiger partial charge in [-0.25, -0.2) is 0 Å². The molecule has 2 atom stereocenters. The SMILES string of the molecule is CCC(C)CC(CC)NCc1cc(Br)cc2c1OCC2. The van der Waals surface area contributed by atoms with E-state index in [0.717, 1.165) is 35.7 Å². The summed E-state index contributed by atoms with van der Waals surface area (Å²) in [6.45, 7) is 8.60. The van der Waals surface area contributed by atoms with Crippen molar-refractivity contribution in [3.63, 3.8) is 0 Å². The molecule has 20 heavy (non-hydrogen) atoms. The molecule has 2 rings (SSSR count). The van der Waals surface area contributed by atoms with E-state index in [-0.39, 0.29) is 0 Å². The zero-order chi connectivity index (χ0) is 14.5. The van der Waals surface area contributed by atoms with Crippen molar-refractivity contribution in [1.82, 2.24) is 5.32 Å². The summed E-state index contributed by atoms with van der Waals surface area (Å²) in [6, 6.07) is 4.97. The monoisotopic (exact) mass is 339 g/mol. The smallest absolute Gasteiger partial charge is 0.127 e. The van der Waals surface area contributed by atoms with E-state index in [4.69, 9.17) is 4.74 Å². The Bertz CT molecular complexity index is 447. The van der Waals surface area contributed by atoms with Gasteiger partial charge in [0.2, 0.25) is 0 Å². The molecule has 0 bridgehead atoms. The maximum absolute atomic E-state index is 5.79. The molecule has 1 aromatic carbocycles. The molecular formula is C17H26BrNO. The van der Waals surface area contributed by atoms with E-state index in [1.54, 1.807) is 0 Å². The third kappa shape index (κ3) is 3.98. The Balaban J connectivity index is 2.00. The summed E-state index contributed by atoms with van der Waals surface area (Å²) < 4.78 is 6.95. The van der Waals surface area contributed by atoms with Gasteiger partial charge in [0.25, 0.3) is 0 Å². The summed E-state index contributed by atoms with van der Waals surface area (Å²) in [7, 11) is 0. The average molecular weight is 340 g/mol. The summed E-state index contributed by atoms with van der Waals surface area (Å²) >= 11 is 3.61. The van der Waals surface area contributed by atoms with Crippen molar-refractivity contribution in [2.75, 3.05) is 6.61 Å². The zero-order valence-corrected chi connectivity index (χ0v) is 14.4. The van der Waals surface area contributed by atoms with Gasteiger partial charge in [-0.05, 0) is 36.5 Å². The van der Waals surface area contributed by atoms with Gasteiger partial charge in [-0.2, -0.15) is 0 Å². The Labute approximate surface area is 131 Å². The Morgan fingerprint density at radius 3 is 2.80 bits per heavy atom. The van der Waals surface area contributed by atoms with Crippen molar-refractivity contribution in [1.29, 1.82) is 0 Å². The molecule has 3 heteroatoms. The predicted molar refractivity (Wildman–Crippen MR) is 88.3 cm³/mol. The van der Waals surface area contributed by atoms with E-state index in [0.29, 0.717) is 6.04 Å². The normalized spacial score (nSPS) is 16.6. The van der Waals surface area contributed by atoms with E-state index in [2.05, 4.69) is 54.2 Å². The van der Waals surface area contributed by atoms with Crippen molar-refractivity contribution in [3.05, 3.63) is 27.7 Å². The van der Waals surface area contributed by atoms with E-state index in [1.807, 2.05) is 0 Å². The van der Waals surface area contributed by atoms with Crippen LogP contribution in [0.5, 0.6) is 5.75 Å². The molecule has 0 radical (unpaired) electrons. The number of ether oxygens (including phenoxy) is 1. The van der Waals surface area contributed by atoms with Crippen LogP contribution in [0, 0.1) is 5.92 Å². The van der Waals surface area contributed by atoms with Crippen LogP contribution in [0.25, 0.3) is 0 Å². The second kappa shape index (κ2) is 7.46. The molecule has 1 aliphatic rings. The Hall–Kier alpha value is -0.540. The van der Waals surface area contributed by atoms with Gasteiger partial charge in [0.1, 0.15) is 5.75 Å². The molecule has 2 unspecified atom stereocenters. The lowest BCUT2D eigenvalue weighted by molar-refractivity contribution is 0.347. The van der Waals surface area contributed by atoms with Gasteiger partial charge in [0.05, 0.1) is 6.61 Å². The van der Waals surface area contributed by atoms with Crippen LogP contribution in [-0.4, -0.2) is 12.6 Å². The molecule has 112 valence electrons. The van der Waals surface area contributed by atoms with E-state index >= 15 is 0 Å². The number of rotatable bonds is 7. The summed E-state index contributed by atoms with van der Waals surface area (Å²) in [5, 5.41) is 3.71. The van der Waals surface area contributed by atoms with Crippen LogP contribution in [0.3, 0.4) is 0 Å². The molecule has 0 saturated heterocycles. The minimum atomic E-state index is 0.598.